The average molecular weight is 270 g/mol. The minimum absolute atomic E-state index is 0.723. The second kappa shape index (κ2) is 6.23. The molecule has 1 N–H and O–H groups in total. The highest BCUT2D eigenvalue weighted by molar-refractivity contribution is 7.99. The first kappa shape index (κ1) is 13.4. The Bertz CT molecular complexity index is 362. The Hall–Kier alpha value is -0.0300. The molecule has 1 atom stereocenters. The SMILES string of the molecule is CNCc1cc(CN2CCSCC2C)c(C)s1. The molecule has 1 aliphatic rings. The molecule has 0 saturated carbocycles. The smallest absolute Gasteiger partial charge is 0.0296 e. The molecule has 17 heavy (non-hydrogen) atoms. The molecule has 0 spiro atoms. The van der Waals surface area contributed by atoms with E-state index in [1.807, 2.05) is 18.4 Å². The fourth-order valence-electron chi connectivity index (χ4n) is 2.22. The number of nitrogens with zero attached hydrogens (tertiary/aromatic N) is 1. The maximum atomic E-state index is 3.23. The molecule has 1 saturated heterocycles. The van der Waals surface area contributed by atoms with Gasteiger partial charge < -0.3 is 5.32 Å². The molecule has 1 aliphatic heterocycles. The third-order valence-corrected chi connectivity index (χ3v) is 5.58. The van der Waals surface area contributed by atoms with E-state index in [1.165, 1.54) is 33.4 Å². The van der Waals surface area contributed by atoms with Gasteiger partial charge in [-0.05, 0) is 32.5 Å². The van der Waals surface area contributed by atoms with Gasteiger partial charge in [0.2, 0.25) is 0 Å². The van der Waals surface area contributed by atoms with Crippen molar-refractivity contribution in [2.75, 3.05) is 25.1 Å². The van der Waals surface area contributed by atoms with E-state index in [1.54, 1.807) is 0 Å². The van der Waals surface area contributed by atoms with Crippen LogP contribution in [0.5, 0.6) is 0 Å². The fraction of sp³-hybridized carbons (Fsp3) is 0.692. The minimum atomic E-state index is 0.723. The normalized spacial score (nSPS) is 21.9. The Kier molecular flexibility index (Phi) is 4.91. The van der Waals surface area contributed by atoms with Crippen LogP contribution >= 0.6 is 23.1 Å². The molecule has 0 aliphatic carbocycles. The van der Waals surface area contributed by atoms with E-state index in [2.05, 4.69) is 41.9 Å². The van der Waals surface area contributed by atoms with Crippen molar-refractivity contribution in [3.63, 3.8) is 0 Å². The highest BCUT2D eigenvalue weighted by Crippen LogP contribution is 2.25. The van der Waals surface area contributed by atoms with E-state index in [-0.39, 0.29) is 0 Å². The summed E-state index contributed by atoms with van der Waals surface area (Å²) in [6.07, 6.45) is 0. The summed E-state index contributed by atoms with van der Waals surface area (Å²) in [4.78, 5) is 5.56. The van der Waals surface area contributed by atoms with E-state index in [0.717, 1.165) is 19.1 Å². The van der Waals surface area contributed by atoms with Gasteiger partial charge in [0.05, 0.1) is 0 Å². The Balaban J connectivity index is 2.01. The second-order valence-electron chi connectivity index (χ2n) is 4.72. The molecule has 2 rings (SSSR count). The number of thiophene rings is 1. The predicted octanol–water partition coefficient (Wildman–Crippen LogP) is 2.71. The molecular weight excluding hydrogens is 248 g/mol. The number of rotatable bonds is 4. The molecule has 0 radical (unpaired) electrons. The predicted molar refractivity (Wildman–Crippen MR) is 79.0 cm³/mol. The molecule has 1 unspecified atom stereocenters. The first-order chi connectivity index (χ1) is 8.20. The number of aryl methyl sites for hydroxylation is 1. The van der Waals surface area contributed by atoms with Crippen molar-refractivity contribution >= 4 is 23.1 Å². The van der Waals surface area contributed by atoms with Crippen LogP contribution in [0.4, 0.5) is 0 Å². The third-order valence-electron chi connectivity index (χ3n) is 3.30. The van der Waals surface area contributed by atoms with E-state index in [9.17, 15) is 0 Å². The molecule has 0 bridgehead atoms. The zero-order valence-corrected chi connectivity index (χ0v) is 12.6. The van der Waals surface area contributed by atoms with Crippen LogP contribution in [0.15, 0.2) is 6.07 Å². The lowest BCUT2D eigenvalue weighted by molar-refractivity contribution is 0.224. The Morgan fingerprint density at radius 2 is 2.35 bits per heavy atom. The molecule has 2 nitrogen and oxygen atoms in total. The fourth-order valence-corrected chi connectivity index (χ4v) is 4.37. The maximum absolute atomic E-state index is 3.23. The van der Waals surface area contributed by atoms with Crippen LogP contribution in [0, 0.1) is 6.92 Å². The van der Waals surface area contributed by atoms with Gasteiger partial charge in [0.1, 0.15) is 0 Å². The molecule has 2 heterocycles. The molecule has 0 amide bonds. The van der Waals surface area contributed by atoms with Gasteiger partial charge in [-0.3, -0.25) is 4.90 Å². The lowest BCUT2D eigenvalue weighted by Gasteiger charge is -2.32. The van der Waals surface area contributed by atoms with Crippen LogP contribution < -0.4 is 5.32 Å². The zero-order chi connectivity index (χ0) is 12.3. The standard InChI is InChI=1S/C13H22N2S2/c1-10-9-16-5-4-15(10)8-12-6-13(7-14-3)17-11(12)2/h6,10,14H,4-5,7-9H2,1-3H3. The van der Waals surface area contributed by atoms with Crippen molar-refractivity contribution in [1.82, 2.24) is 10.2 Å². The van der Waals surface area contributed by atoms with Crippen LogP contribution in [0.1, 0.15) is 22.2 Å². The maximum Gasteiger partial charge on any atom is 0.0296 e. The average Bonchev–Trinajstić information content (AvgIpc) is 2.63. The quantitative estimate of drug-likeness (QED) is 0.905. The lowest BCUT2D eigenvalue weighted by atomic mass is 10.2. The number of hydrogen-bond donors (Lipinski definition) is 1. The highest BCUT2D eigenvalue weighted by atomic mass is 32.2. The molecule has 4 heteroatoms. The summed E-state index contributed by atoms with van der Waals surface area (Å²) in [5.74, 6) is 2.57. The summed E-state index contributed by atoms with van der Waals surface area (Å²) in [5, 5.41) is 3.23. The molecular formula is C13H22N2S2. The summed E-state index contributed by atoms with van der Waals surface area (Å²) in [5.41, 5.74) is 1.53. The van der Waals surface area contributed by atoms with Gasteiger partial charge >= 0.3 is 0 Å². The van der Waals surface area contributed by atoms with Crippen molar-refractivity contribution in [2.45, 2.75) is 33.0 Å². The summed E-state index contributed by atoms with van der Waals surface area (Å²) in [6.45, 7) is 7.97. The van der Waals surface area contributed by atoms with E-state index in [4.69, 9.17) is 0 Å². The van der Waals surface area contributed by atoms with Crippen molar-refractivity contribution in [3.8, 4) is 0 Å². The van der Waals surface area contributed by atoms with E-state index in [0.29, 0.717) is 0 Å². The summed E-state index contributed by atoms with van der Waals surface area (Å²) < 4.78 is 0. The summed E-state index contributed by atoms with van der Waals surface area (Å²) >= 11 is 4.02. The van der Waals surface area contributed by atoms with Crippen molar-refractivity contribution in [2.24, 2.45) is 0 Å². The number of nitrogens with one attached hydrogen (secondary N) is 1. The molecule has 96 valence electrons. The highest BCUT2D eigenvalue weighted by Gasteiger charge is 2.19. The monoisotopic (exact) mass is 270 g/mol. The summed E-state index contributed by atoms with van der Waals surface area (Å²) in [6, 6.07) is 3.10. The topological polar surface area (TPSA) is 15.3 Å². The van der Waals surface area contributed by atoms with E-state index >= 15 is 0 Å². The van der Waals surface area contributed by atoms with Gasteiger partial charge in [-0.1, -0.05) is 0 Å². The van der Waals surface area contributed by atoms with Gasteiger partial charge in [-0.15, -0.1) is 11.3 Å². The third kappa shape index (κ3) is 3.47. The minimum Gasteiger partial charge on any atom is -0.315 e. The number of hydrogen-bond acceptors (Lipinski definition) is 4. The van der Waals surface area contributed by atoms with Crippen LogP contribution in [-0.2, 0) is 13.1 Å². The first-order valence-electron chi connectivity index (χ1n) is 6.25. The van der Waals surface area contributed by atoms with Crippen molar-refractivity contribution in [1.29, 1.82) is 0 Å². The van der Waals surface area contributed by atoms with Crippen LogP contribution in [0.25, 0.3) is 0 Å². The lowest BCUT2D eigenvalue weighted by Crippen LogP contribution is -2.39. The van der Waals surface area contributed by atoms with Crippen molar-refractivity contribution in [3.05, 3.63) is 21.4 Å². The molecule has 0 aromatic carbocycles. The van der Waals surface area contributed by atoms with Crippen LogP contribution in [0.3, 0.4) is 0 Å². The van der Waals surface area contributed by atoms with Gasteiger partial charge in [-0.2, -0.15) is 11.8 Å². The molecule has 1 aromatic heterocycles. The Morgan fingerprint density at radius 1 is 1.53 bits per heavy atom. The van der Waals surface area contributed by atoms with Gasteiger partial charge in [0, 0.05) is 46.9 Å². The Labute approximate surface area is 113 Å². The van der Waals surface area contributed by atoms with Crippen molar-refractivity contribution < 1.29 is 0 Å². The van der Waals surface area contributed by atoms with Crippen LogP contribution in [0.2, 0.25) is 0 Å². The first-order valence-corrected chi connectivity index (χ1v) is 8.22. The van der Waals surface area contributed by atoms with Gasteiger partial charge in [0.15, 0.2) is 0 Å². The largest absolute Gasteiger partial charge is 0.315 e. The second-order valence-corrected chi connectivity index (χ2v) is 7.21. The summed E-state index contributed by atoms with van der Waals surface area (Å²) in [7, 11) is 2.01. The van der Waals surface area contributed by atoms with Crippen LogP contribution in [-0.4, -0.2) is 36.0 Å². The zero-order valence-electron chi connectivity index (χ0n) is 11.0. The molecule has 1 fully saturated rings. The Morgan fingerprint density at radius 3 is 3.06 bits per heavy atom. The molecule has 1 aromatic rings. The van der Waals surface area contributed by atoms with E-state index < -0.39 is 0 Å². The van der Waals surface area contributed by atoms with Gasteiger partial charge in [0.25, 0.3) is 0 Å². The number of thioether (sulfide) groups is 1. The van der Waals surface area contributed by atoms with Gasteiger partial charge in [-0.25, -0.2) is 0 Å².